The van der Waals surface area contributed by atoms with Crippen molar-refractivity contribution in [3.05, 3.63) is 40.9 Å². The maximum Gasteiger partial charge on any atom is 0.229 e. The van der Waals surface area contributed by atoms with Gasteiger partial charge in [-0.15, -0.1) is 0 Å². The zero-order valence-corrected chi connectivity index (χ0v) is 14.7. The number of halogens is 2. The molecular weight excluding hydrogens is 357 g/mol. The Bertz CT molecular complexity index is 996. The molecular formula is C18H17ClFN5O. The summed E-state index contributed by atoms with van der Waals surface area (Å²) in [4.78, 5) is 21.1. The SMILES string of the molecule is NC(=O)C1(c2cnc3c(-c4cccc(Cl)c4F)[nH]nc3n2)CCCCC1. The molecule has 0 bridgehead atoms. The van der Waals surface area contributed by atoms with E-state index < -0.39 is 11.2 Å². The number of benzene rings is 1. The lowest BCUT2D eigenvalue weighted by Gasteiger charge is -2.33. The fourth-order valence-corrected chi connectivity index (χ4v) is 3.87. The Morgan fingerprint density at radius 3 is 2.77 bits per heavy atom. The van der Waals surface area contributed by atoms with Gasteiger partial charge in [-0.1, -0.05) is 36.9 Å². The van der Waals surface area contributed by atoms with E-state index in [-0.39, 0.29) is 16.5 Å². The number of carbonyl (C=O) groups is 1. The Kier molecular flexibility index (Phi) is 4.11. The van der Waals surface area contributed by atoms with Crippen LogP contribution in [-0.4, -0.2) is 26.1 Å². The number of primary amides is 1. The molecule has 1 fully saturated rings. The maximum absolute atomic E-state index is 14.3. The Balaban J connectivity index is 1.83. The maximum atomic E-state index is 14.3. The largest absolute Gasteiger partial charge is 0.369 e. The van der Waals surface area contributed by atoms with Crippen LogP contribution in [0.1, 0.15) is 37.8 Å². The molecule has 1 saturated carbocycles. The first-order chi connectivity index (χ1) is 12.5. The number of nitrogens with zero attached hydrogens (tertiary/aromatic N) is 3. The predicted molar refractivity (Wildman–Crippen MR) is 96.0 cm³/mol. The number of rotatable bonds is 3. The smallest absolute Gasteiger partial charge is 0.229 e. The monoisotopic (exact) mass is 373 g/mol. The summed E-state index contributed by atoms with van der Waals surface area (Å²) in [6.07, 6.45) is 5.78. The molecule has 8 heteroatoms. The lowest BCUT2D eigenvalue weighted by atomic mass is 9.71. The molecule has 3 N–H and O–H groups in total. The molecule has 4 rings (SSSR count). The molecule has 0 aliphatic heterocycles. The van der Waals surface area contributed by atoms with Gasteiger partial charge in [-0.25, -0.2) is 14.4 Å². The zero-order valence-electron chi connectivity index (χ0n) is 13.9. The molecule has 0 spiro atoms. The van der Waals surface area contributed by atoms with Gasteiger partial charge in [-0.3, -0.25) is 9.89 Å². The van der Waals surface area contributed by atoms with Gasteiger partial charge < -0.3 is 5.73 Å². The lowest BCUT2D eigenvalue weighted by molar-refractivity contribution is -0.124. The standard InChI is InChI=1S/C18H17ClFN5O/c19-11-6-4-5-10(13(11)20)14-15-16(25-24-14)23-12(9-22-15)18(17(21)26)7-2-1-3-8-18/h4-6,9H,1-3,7-8H2,(H2,21,26)(H,23,24,25). The summed E-state index contributed by atoms with van der Waals surface area (Å²) in [6.45, 7) is 0. The van der Waals surface area contributed by atoms with Crippen molar-refractivity contribution < 1.29 is 9.18 Å². The van der Waals surface area contributed by atoms with Crippen LogP contribution in [0.5, 0.6) is 0 Å². The quantitative estimate of drug-likeness (QED) is 0.734. The van der Waals surface area contributed by atoms with Gasteiger partial charge in [0.15, 0.2) is 5.82 Å². The predicted octanol–water partition coefficient (Wildman–Crippen LogP) is 3.50. The first-order valence-corrected chi connectivity index (χ1v) is 8.86. The summed E-state index contributed by atoms with van der Waals surface area (Å²) in [6, 6.07) is 4.72. The second kappa shape index (κ2) is 6.32. The molecule has 2 aromatic heterocycles. The van der Waals surface area contributed by atoms with Crippen molar-refractivity contribution in [2.24, 2.45) is 5.73 Å². The van der Waals surface area contributed by atoms with Crippen LogP contribution in [0.15, 0.2) is 24.4 Å². The highest BCUT2D eigenvalue weighted by Gasteiger charge is 2.41. The number of H-pyrrole nitrogens is 1. The normalized spacial score (nSPS) is 16.7. The summed E-state index contributed by atoms with van der Waals surface area (Å²) in [7, 11) is 0. The van der Waals surface area contributed by atoms with E-state index in [1.165, 1.54) is 6.07 Å². The van der Waals surface area contributed by atoms with E-state index in [9.17, 15) is 9.18 Å². The molecule has 1 amide bonds. The summed E-state index contributed by atoms with van der Waals surface area (Å²) in [5, 5.41) is 6.95. The van der Waals surface area contributed by atoms with Crippen molar-refractivity contribution in [3.63, 3.8) is 0 Å². The van der Waals surface area contributed by atoms with Crippen molar-refractivity contribution in [2.75, 3.05) is 0 Å². The molecule has 3 aromatic rings. The second-order valence-electron chi connectivity index (χ2n) is 6.63. The third-order valence-corrected chi connectivity index (χ3v) is 5.45. The fourth-order valence-electron chi connectivity index (χ4n) is 3.69. The van der Waals surface area contributed by atoms with Gasteiger partial charge >= 0.3 is 0 Å². The van der Waals surface area contributed by atoms with E-state index in [0.717, 1.165) is 19.3 Å². The number of hydrogen-bond donors (Lipinski definition) is 2. The van der Waals surface area contributed by atoms with E-state index >= 15 is 0 Å². The number of fused-ring (bicyclic) bond motifs is 1. The van der Waals surface area contributed by atoms with E-state index in [1.54, 1.807) is 18.3 Å². The van der Waals surface area contributed by atoms with Crippen LogP contribution < -0.4 is 5.73 Å². The Labute approximate surface area is 154 Å². The number of nitrogens with two attached hydrogens (primary N) is 1. The minimum Gasteiger partial charge on any atom is -0.369 e. The summed E-state index contributed by atoms with van der Waals surface area (Å²) in [5.74, 6) is -0.936. The van der Waals surface area contributed by atoms with Gasteiger partial charge in [0, 0.05) is 5.56 Å². The molecule has 0 saturated heterocycles. The van der Waals surface area contributed by atoms with Crippen LogP contribution in [0.4, 0.5) is 4.39 Å². The Hall–Kier alpha value is -2.54. The molecule has 0 radical (unpaired) electrons. The van der Waals surface area contributed by atoms with Gasteiger partial charge in [0.2, 0.25) is 11.6 Å². The molecule has 1 aromatic carbocycles. The minimum atomic E-state index is -0.806. The van der Waals surface area contributed by atoms with Gasteiger partial charge in [0.05, 0.1) is 28.0 Å². The zero-order chi connectivity index (χ0) is 18.3. The van der Waals surface area contributed by atoms with Crippen LogP contribution in [0, 0.1) is 5.82 Å². The number of aromatic nitrogens is 4. The topological polar surface area (TPSA) is 97.6 Å². The summed E-state index contributed by atoms with van der Waals surface area (Å²) < 4.78 is 14.3. The Morgan fingerprint density at radius 1 is 1.27 bits per heavy atom. The van der Waals surface area contributed by atoms with Crippen LogP contribution >= 0.6 is 11.6 Å². The van der Waals surface area contributed by atoms with Crippen molar-refractivity contribution in [2.45, 2.75) is 37.5 Å². The molecule has 0 atom stereocenters. The number of hydrogen-bond acceptors (Lipinski definition) is 4. The van der Waals surface area contributed by atoms with Crippen LogP contribution in [-0.2, 0) is 10.2 Å². The Morgan fingerprint density at radius 2 is 2.04 bits per heavy atom. The fraction of sp³-hybridized carbons (Fsp3) is 0.333. The van der Waals surface area contributed by atoms with Crippen LogP contribution in [0.3, 0.4) is 0 Å². The first-order valence-electron chi connectivity index (χ1n) is 8.49. The average Bonchev–Trinajstić information content (AvgIpc) is 3.07. The van der Waals surface area contributed by atoms with Gasteiger partial charge in [-0.05, 0) is 25.0 Å². The number of aromatic amines is 1. The molecule has 26 heavy (non-hydrogen) atoms. The highest BCUT2D eigenvalue weighted by molar-refractivity contribution is 6.31. The van der Waals surface area contributed by atoms with E-state index in [1.807, 2.05) is 0 Å². The third kappa shape index (κ3) is 2.54. The van der Waals surface area contributed by atoms with Crippen molar-refractivity contribution in [3.8, 4) is 11.3 Å². The van der Waals surface area contributed by atoms with Gasteiger partial charge in [-0.2, -0.15) is 5.10 Å². The second-order valence-corrected chi connectivity index (χ2v) is 7.04. The van der Waals surface area contributed by atoms with E-state index in [2.05, 4.69) is 20.2 Å². The minimum absolute atomic E-state index is 0.0183. The molecule has 2 heterocycles. The third-order valence-electron chi connectivity index (χ3n) is 5.15. The molecule has 134 valence electrons. The first kappa shape index (κ1) is 16.9. The number of nitrogens with one attached hydrogen (secondary N) is 1. The molecule has 1 aliphatic rings. The highest BCUT2D eigenvalue weighted by Crippen LogP contribution is 2.39. The number of amides is 1. The van der Waals surface area contributed by atoms with Crippen molar-refractivity contribution >= 4 is 28.7 Å². The van der Waals surface area contributed by atoms with E-state index in [0.29, 0.717) is 35.4 Å². The van der Waals surface area contributed by atoms with Crippen LogP contribution in [0.25, 0.3) is 22.4 Å². The summed E-state index contributed by atoms with van der Waals surface area (Å²) >= 11 is 5.87. The average molecular weight is 374 g/mol. The van der Waals surface area contributed by atoms with Gasteiger partial charge in [0.25, 0.3) is 0 Å². The van der Waals surface area contributed by atoms with Crippen LogP contribution in [0.2, 0.25) is 5.02 Å². The summed E-state index contributed by atoms with van der Waals surface area (Å²) in [5.41, 5.74) is 6.85. The van der Waals surface area contributed by atoms with Crippen molar-refractivity contribution in [1.29, 1.82) is 0 Å². The number of carbonyl (C=O) groups excluding carboxylic acids is 1. The van der Waals surface area contributed by atoms with Gasteiger partial charge in [0.1, 0.15) is 5.52 Å². The highest BCUT2D eigenvalue weighted by atomic mass is 35.5. The lowest BCUT2D eigenvalue weighted by Crippen LogP contribution is -2.43. The molecule has 6 nitrogen and oxygen atoms in total. The molecule has 1 aliphatic carbocycles. The molecule has 0 unspecified atom stereocenters. The van der Waals surface area contributed by atoms with Crippen molar-refractivity contribution in [1.82, 2.24) is 20.2 Å². The van der Waals surface area contributed by atoms with E-state index in [4.69, 9.17) is 17.3 Å².